The standard InChI is InChI=1S/C13H21N3/c1-2-6-11-12(7-3-1)15-16-13(11)9-10-5-4-8-14-10/h10,14H,1-9H2,(H,15,16). The van der Waals surface area contributed by atoms with Gasteiger partial charge < -0.3 is 5.32 Å². The summed E-state index contributed by atoms with van der Waals surface area (Å²) >= 11 is 0. The highest BCUT2D eigenvalue weighted by atomic mass is 15.1. The van der Waals surface area contributed by atoms with E-state index in [1.807, 2.05) is 0 Å². The molecule has 16 heavy (non-hydrogen) atoms. The number of aromatic amines is 1. The van der Waals surface area contributed by atoms with Crippen molar-refractivity contribution >= 4 is 0 Å². The van der Waals surface area contributed by atoms with E-state index in [2.05, 4.69) is 15.5 Å². The average Bonchev–Trinajstić information content (AvgIpc) is 2.86. The van der Waals surface area contributed by atoms with E-state index in [0.717, 1.165) is 6.42 Å². The number of aromatic nitrogens is 2. The predicted octanol–water partition coefficient (Wildman–Crippen LogP) is 1.97. The number of H-pyrrole nitrogens is 1. The zero-order chi connectivity index (χ0) is 10.8. The van der Waals surface area contributed by atoms with Crippen LogP contribution in [0.4, 0.5) is 0 Å². The van der Waals surface area contributed by atoms with Crippen molar-refractivity contribution in [3.05, 3.63) is 17.0 Å². The molecule has 3 heteroatoms. The monoisotopic (exact) mass is 219 g/mol. The highest BCUT2D eigenvalue weighted by molar-refractivity contribution is 5.27. The molecule has 2 aliphatic rings. The third-order valence-corrected chi connectivity index (χ3v) is 3.99. The first-order valence-electron chi connectivity index (χ1n) is 6.72. The molecule has 1 aromatic rings. The molecule has 2 N–H and O–H groups in total. The van der Waals surface area contributed by atoms with Gasteiger partial charge in [0.05, 0.1) is 5.69 Å². The fraction of sp³-hybridized carbons (Fsp3) is 0.769. The van der Waals surface area contributed by atoms with Crippen molar-refractivity contribution in [3.63, 3.8) is 0 Å². The molecule has 0 spiro atoms. The van der Waals surface area contributed by atoms with Gasteiger partial charge in [-0.3, -0.25) is 5.10 Å². The maximum absolute atomic E-state index is 4.54. The molecule has 1 aliphatic carbocycles. The summed E-state index contributed by atoms with van der Waals surface area (Å²) in [6, 6.07) is 0.677. The summed E-state index contributed by atoms with van der Waals surface area (Å²) in [5, 5.41) is 11.4. The van der Waals surface area contributed by atoms with E-state index in [1.165, 1.54) is 62.9 Å². The quantitative estimate of drug-likeness (QED) is 0.747. The second-order valence-corrected chi connectivity index (χ2v) is 5.19. The fourth-order valence-electron chi connectivity index (χ4n) is 3.06. The van der Waals surface area contributed by atoms with Crippen LogP contribution in [0.25, 0.3) is 0 Å². The topological polar surface area (TPSA) is 40.7 Å². The molecule has 1 aromatic heterocycles. The average molecular weight is 219 g/mol. The van der Waals surface area contributed by atoms with Gasteiger partial charge in [0.25, 0.3) is 0 Å². The van der Waals surface area contributed by atoms with Gasteiger partial charge in [0.1, 0.15) is 0 Å². The molecule has 1 atom stereocenters. The minimum absolute atomic E-state index is 0.677. The minimum atomic E-state index is 0.677. The summed E-state index contributed by atoms with van der Waals surface area (Å²) in [6.07, 6.45) is 10.3. The van der Waals surface area contributed by atoms with Crippen LogP contribution in [0.2, 0.25) is 0 Å². The molecule has 2 heterocycles. The number of hydrogen-bond acceptors (Lipinski definition) is 2. The summed E-state index contributed by atoms with van der Waals surface area (Å²) in [6.45, 7) is 1.19. The lowest BCUT2D eigenvalue weighted by molar-refractivity contribution is 0.589. The second-order valence-electron chi connectivity index (χ2n) is 5.19. The van der Waals surface area contributed by atoms with Crippen molar-refractivity contribution in [2.45, 2.75) is 57.4 Å². The summed E-state index contributed by atoms with van der Waals surface area (Å²) in [5.41, 5.74) is 4.31. The van der Waals surface area contributed by atoms with Gasteiger partial charge >= 0.3 is 0 Å². The van der Waals surface area contributed by atoms with Crippen molar-refractivity contribution in [1.29, 1.82) is 0 Å². The van der Waals surface area contributed by atoms with Crippen LogP contribution < -0.4 is 5.32 Å². The van der Waals surface area contributed by atoms with Crippen LogP contribution in [0.5, 0.6) is 0 Å². The lowest BCUT2D eigenvalue weighted by atomic mass is 10.0. The van der Waals surface area contributed by atoms with E-state index >= 15 is 0 Å². The lowest BCUT2D eigenvalue weighted by Crippen LogP contribution is -2.24. The maximum Gasteiger partial charge on any atom is 0.0672 e. The third kappa shape index (κ3) is 2.01. The van der Waals surface area contributed by atoms with Gasteiger partial charge in [-0.1, -0.05) is 6.42 Å². The van der Waals surface area contributed by atoms with Crippen LogP contribution in [0.1, 0.15) is 49.1 Å². The van der Waals surface area contributed by atoms with Crippen LogP contribution >= 0.6 is 0 Å². The zero-order valence-corrected chi connectivity index (χ0v) is 9.89. The van der Waals surface area contributed by atoms with Gasteiger partial charge in [-0.15, -0.1) is 0 Å². The van der Waals surface area contributed by atoms with Crippen molar-refractivity contribution in [2.75, 3.05) is 6.54 Å². The first-order chi connectivity index (χ1) is 7.93. The zero-order valence-electron chi connectivity index (χ0n) is 9.89. The number of rotatable bonds is 2. The summed E-state index contributed by atoms with van der Waals surface area (Å²) in [7, 11) is 0. The molecule has 1 unspecified atom stereocenters. The van der Waals surface area contributed by atoms with Gasteiger partial charge in [0.15, 0.2) is 0 Å². The van der Waals surface area contributed by atoms with Crippen molar-refractivity contribution in [1.82, 2.24) is 15.5 Å². The fourth-order valence-corrected chi connectivity index (χ4v) is 3.06. The predicted molar refractivity (Wildman–Crippen MR) is 64.6 cm³/mol. The van der Waals surface area contributed by atoms with Crippen molar-refractivity contribution in [2.24, 2.45) is 0 Å². The number of aryl methyl sites for hydroxylation is 1. The first-order valence-corrected chi connectivity index (χ1v) is 6.72. The highest BCUT2D eigenvalue weighted by Gasteiger charge is 2.20. The lowest BCUT2D eigenvalue weighted by Gasteiger charge is -2.09. The van der Waals surface area contributed by atoms with E-state index < -0.39 is 0 Å². The SMILES string of the molecule is C1CCc2[nH]nc(CC3CCCN3)c2CC1. The van der Waals surface area contributed by atoms with Crippen LogP contribution in [0.15, 0.2) is 0 Å². The smallest absolute Gasteiger partial charge is 0.0672 e. The number of fused-ring (bicyclic) bond motifs is 1. The Bertz CT molecular complexity index is 350. The van der Waals surface area contributed by atoms with Crippen LogP contribution in [-0.2, 0) is 19.3 Å². The normalized spacial score (nSPS) is 25.4. The molecule has 0 amide bonds. The van der Waals surface area contributed by atoms with E-state index in [1.54, 1.807) is 5.56 Å². The van der Waals surface area contributed by atoms with Crippen LogP contribution in [0.3, 0.4) is 0 Å². The van der Waals surface area contributed by atoms with E-state index in [0.29, 0.717) is 6.04 Å². The van der Waals surface area contributed by atoms with Crippen LogP contribution in [-0.4, -0.2) is 22.8 Å². The summed E-state index contributed by atoms with van der Waals surface area (Å²) in [5.74, 6) is 0. The molecule has 1 saturated heterocycles. The molecule has 0 radical (unpaired) electrons. The Labute approximate surface area is 97.0 Å². The molecular formula is C13H21N3. The number of hydrogen-bond donors (Lipinski definition) is 2. The van der Waals surface area contributed by atoms with Crippen LogP contribution in [0, 0.1) is 0 Å². The third-order valence-electron chi connectivity index (χ3n) is 3.99. The Morgan fingerprint density at radius 1 is 1.12 bits per heavy atom. The molecule has 0 saturated carbocycles. The van der Waals surface area contributed by atoms with E-state index in [-0.39, 0.29) is 0 Å². The largest absolute Gasteiger partial charge is 0.314 e. The molecule has 3 nitrogen and oxygen atoms in total. The summed E-state index contributed by atoms with van der Waals surface area (Å²) < 4.78 is 0. The Kier molecular flexibility index (Phi) is 2.96. The van der Waals surface area contributed by atoms with Gasteiger partial charge in [-0.25, -0.2) is 0 Å². The van der Waals surface area contributed by atoms with E-state index in [9.17, 15) is 0 Å². The Morgan fingerprint density at radius 2 is 2.06 bits per heavy atom. The Balaban J connectivity index is 1.76. The Morgan fingerprint density at radius 3 is 2.94 bits per heavy atom. The molecule has 3 rings (SSSR count). The van der Waals surface area contributed by atoms with E-state index in [4.69, 9.17) is 0 Å². The van der Waals surface area contributed by atoms with Gasteiger partial charge in [0, 0.05) is 18.2 Å². The van der Waals surface area contributed by atoms with Crippen molar-refractivity contribution < 1.29 is 0 Å². The minimum Gasteiger partial charge on any atom is -0.314 e. The molecule has 1 fully saturated rings. The van der Waals surface area contributed by atoms with Gasteiger partial charge in [-0.2, -0.15) is 5.10 Å². The van der Waals surface area contributed by atoms with Gasteiger partial charge in [-0.05, 0) is 50.6 Å². The Hall–Kier alpha value is -0.830. The number of nitrogens with zero attached hydrogens (tertiary/aromatic N) is 1. The van der Waals surface area contributed by atoms with Gasteiger partial charge in [0.2, 0.25) is 0 Å². The molecule has 88 valence electrons. The first kappa shape index (κ1) is 10.3. The van der Waals surface area contributed by atoms with Crippen molar-refractivity contribution in [3.8, 4) is 0 Å². The maximum atomic E-state index is 4.54. The summed E-state index contributed by atoms with van der Waals surface area (Å²) in [4.78, 5) is 0. The molecule has 0 aromatic carbocycles. The second kappa shape index (κ2) is 4.58. The molecule has 0 bridgehead atoms. The highest BCUT2D eigenvalue weighted by Crippen LogP contribution is 2.23. The molecular weight excluding hydrogens is 198 g/mol. The molecule has 1 aliphatic heterocycles. The number of nitrogens with one attached hydrogen (secondary N) is 2.